The lowest BCUT2D eigenvalue weighted by Gasteiger charge is -2.02. The molecule has 1 aromatic carbocycles. The lowest BCUT2D eigenvalue weighted by atomic mass is 10.3. The number of aromatic nitrogens is 3. The zero-order chi connectivity index (χ0) is 13.3. The Hall–Kier alpha value is -1.89. The SMILES string of the molecule is O=C(c1cn(-c2ccccc2Cl)nn1)C(F)(F)F. The Morgan fingerprint density at radius 3 is 2.56 bits per heavy atom. The molecule has 2 aromatic rings. The molecule has 0 aliphatic rings. The summed E-state index contributed by atoms with van der Waals surface area (Å²) in [5, 5.41) is 6.91. The maximum Gasteiger partial charge on any atom is 0.456 e. The van der Waals surface area contributed by atoms with Crippen LogP contribution >= 0.6 is 11.6 Å². The standard InChI is InChI=1S/C10H5ClF3N3O/c11-6-3-1-2-4-8(6)17-5-7(15-16-17)9(18)10(12,13)14/h1-5H. The highest BCUT2D eigenvalue weighted by atomic mass is 35.5. The molecule has 0 bridgehead atoms. The first kappa shape index (κ1) is 12.6. The van der Waals surface area contributed by atoms with Crippen LogP contribution in [-0.4, -0.2) is 27.0 Å². The number of nitrogens with zero attached hydrogens (tertiary/aromatic N) is 3. The Morgan fingerprint density at radius 2 is 1.94 bits per heavy atom. The average Bonchev–Trinajstić information content (AvgIpc) is 2.76. The highest BCUT2D eigenvalue weighted by Crippen LogP contribution is 2.22. The first-order valence-electron chi connectivity index (χ1n) is 4.68. The monoisotopic (exact) mass is 275 g/mol. The molecule has 0 atom stereocenters. The molecule has 94 valence electrons. The van der Waals surface area contributed by atoms with Crippen molar-refractivity contribution in [3.8, 4) is 5.69 Å². The van der Waals surface area contributed by atoms with Crippen molar-refractivity contribution in [2.45, 2.75) is 6.18 Å². The van der Waals surface area contributed by atoms with E-state index in [0.717, 1.165) is 10.9 Å². The maximum absolute atomic E-state index is 12.2. The Bertz CT molecular complexity index is 594. The molecule has 0 amide bonds. The van der Waals surface area contributed by atoms with Gasteiger partial charge in [0, 0.05) is 0 Å². The normalized spacial score (nSPS) is 11.6. The maximum atomic E-state index is 12.2. The smallest absolute Gasteiger partial charge is 0.282 e. The fourth-order valence-corrected chi connectivity index (χ4v) is 1.49. The van der Waals surface area contributed by atoms with Crippen molar-refractivity contribution in [1.82, 2.24) is 15.0 Å². The van der Waals surface area contributed by atoms with Crippen molar-refractivity contribution in [2.24, 2.45) is 0 Å². The number of alkyl halides is 3. The third-order valence-electron chi connectivity index (χ3n) is 2.08. The quantitative estimate of drug-likeness (QED) is 0.792. The van der Waals surface area contributed by atoms with Gasteiger partial charge in [-0.1, -0.05) is 28.9 Å². The molecule has 2 rings (SSSR count). The number of para-hydroxylation sites is 1. The van der Waals surface area contributed by atoms with Gasteiger partial charge >= 0.3 is 6.18 Å². The molecule has 4 nitrogen and oxygen atoms in total. The van der Waals surface area contributed by atoms with Gasteiger partial charge in [0.1, 0.15) is 0 Å². The Labute approximate surface area is 104 Å². The van der Waals surface area contributed by atoms with Gasteiger partial charge in [0.15, 0.2) is 5.69 Å². The molecule has 0 aliphatic carbocycles. The topological polar surface area (TPSA) is 47.8 Å². The van der Waals surface area contributed by atoms with E-state index in [4.69, 9.17) is 11.6 Å². The van der Waals surface area contributed by atoms with Crippen molar-refractivity contribution in [2.75, 3.05) is 0 Å². The number of Topliss-reactive ketones (excluding diaryl/α,β-unsaturated/α-hetero) is 1. The molecule has 0 spiro atoms. The third-order valence-corrected chi connectivity index (χ3v) is 2.40. The minimum Gasteiger partial charge on any atom is -0.282 e. The summed E-state index contributed by atoms with van der Waals surface area (Å²) >= 11 is 5.84. The summed E-state index contributed by atoms with van der Waals surface area (Å²) in [5.41, 5.74) is -0.435. The molecule has 0 saturated heterocycles. The van der Waals surface area contributed by atoms with E-state index in [9.17, 15) is 18.0 Å². The molecule has 8 heteroatoms. The van der Waals surface area contributed by atoms with Crippen molar-refractivity contribution >= 4 is 17.4 Å². The lowest BCUT2D eigenvalue weighted by molar-refractivity contribution is -0.0888. The fourth-order valence-electron chi connectivity index (χ4n) is 1.27. The summed E-state index contributed by atoms with van der Waals surface area (Å²) in [7, 11) is 0. The van der Waals surface area contributed by atoms with Crippen LogP contribution in [0.1, 0.15) is 10.5 Å². The second-order valence-corrected chi connectivity index (χ2v) is 3.73. The van der Waals surface area contributed by atoms with Crippen LogP contribution in [0.3, 0.4) is 0 Å². The summed E-state index contributed by atoms with van der Waals surface area (Å²) in [5.74, 6) is -2.04. The number of hydrogen-bond donors (Lipinski definition) is 0. The van der Waals surface area contributed by atoms with E-state index in [-0.39, 0.29) is 5.02 Å². The van der Waals surface area contributed by atoms with Crippen LogP contribution in [0.25, 0.3) is 5.69 Å². The molecular weight excluding hydrogens is 271 g/mol. The fraction of sp³-hybridized carbons (Fsp3) is 0.100. The average molecular weight is 276 g/mol. The van der Waals surface area contributed by atoms with Gasteiger partial charge in [-0.3, -0.25) is 4.79 Å². The van der Waals surface area contributed by atoms with Crippen LogP contribution in [-0.2, 0) is 0 Å². The third kappa shape index (κ3) is 2.35. The number of carbonyl (C=O) groups excluding carboxylic acids is 1. The predicted molar refractivity (Wildman–Crippen MR) is 56.8 cm³/mol. The van der Waals surface area contributed by atoms with Crippen LogP contribution < -0.4 is 0 Å². The first-order chi connectivity index (χ1) is 8.39. The lowest BCUT2D eigenvalue weighted by Crippen LogP contribution is -2.23. The molecular formula is C10H5ClF3N3O. The molecule has 0 saturated carbocycles. The highest BCUT2D eigenvalue weighted by Gasteiger charge is 2.41. The van der Waals surface area contributed by atoms with Crippen LogP contribution in [0.4, 0.5) is 13.2 Å². The summed E-state index contributed by atoms with van der Waals surface area (Å²) < 4.78 is 37.5. The second kappa shape index (κ2) is 4.41. The summed E-state index contributed by atoms with van der Waals surface area (Å²) in [6.45, 7) is 0. The molecule has 0 fully saturated rings. The van der Waals surface area contributed by atoms with Gasteiger partial charge in [-0.15, -0.1) is 5.10 Å². The highest BCUT2D eigenvalue weighted by molar-refractivity contribution is 6.32. The Kier molecular flexibility index (Phi) is 3.08. The van der Waals surface area contributed by atoms with Gasteiger partial charge in [-0.2, -0.15) is 13.2 Å². The Morgan fingerprint density at radius 1 is 1.28 bits per heavy atom. The molecule has 1 heterocycles. The van der Waals surface area contributed by atoms with Crippen molar-refractivity contribution in [1.29, 1.82) is 0 Å². The van der Waals surface area contributed by atoms with Gasteiger partial charge in [0.2, 0.25) is 0 Å². The van der Waals surface area contributed by atoms with Crippen LogP contribution in [0, 0.1) is 0 Å². The van der Waals surface area contributed by atoms with Gasteiger partial charge in [-0.25, -0.2) is 4.68 Å². The van der Waals surface area contributed by atoms with E-state index in [2.05, 4.69) is 10.3 Å². The van der Waals surface area contributed by atoms with Crippen LogP contribution in [0.5, 0.6) is 0 Å². The largest absolute Gasteiger partial charge is 0.456 e. The van der Waals surface area contributed by atoms with Gasteiger partial charge in [-0.05, 0) is 12.1 Å². The van der Waals surface area contributed by atoms with Crippen molar-refractivity contribution < 1.29 is 18.0 Å². The van der Waals surface area contributed by atoms with Gasteiger partial charge < -0.3 is 0 Å². The van der Waals surface area contributed by atoms with Gasteiger partial charge in [0.25, 0.3) is 5.78 Å². The summed E-state index contributed by atoms with van der Waals surface area (Å²) in [6, 6.07) is 6.38. The van der Waals surface area contributed by atoms with Crippen LogP contribution in [0.2, 0.25) is 5.02 Å². The molecule has 1 aromatic heterocycles. The zero-order valence-electron chi connectivity index (χ0n) is 8.65. The minimum absolute atomic E-state index is 0.286. The summed E-state index contributed by atoms with van der Waals surface area (Å²) in [6.07, 6.45) is -4.08. The zero-order valence-corrected chi connectivity index (χ0v) is 9.40. The Balaban J connectivity index is 2.38. The van der Waals surface area contributed by atoms with Gasteiger partial charge in [0.05, 0.1) is 16.9 Å². The molecule has 0 unspecified atom stereocenters. The van der Waals surface area contributed by atoms with Crippen LogP contribution in [0.15, 0.2) is 30.5 Å². The number of benzene rings is 1. The van der Waals surface area contributed by atoms with E-state index in [1.165, 1.54) is 0 Å². The van der Waals surface area contributed by atoms with E-state index >= 15 is 0 Å². The molecule has 18 heavy (non-hydrogen) atoms. The molecule has 0 aliphatic heterocycles. The summed E-state index contributed by atoms with van der Waals surface area (Å²) in [4.78, 5) is 10.9. The minimum atomic E-state index is -4.97. The number of halogens is 4. The van der Waals surface area contributed by atoms with Crippen molar-refractivity contribution in [3.05, 3.63) is 41.2 Å². The number of hydrogen-bond acceptors (Lipinski definition) is 3. The predicted octanol–water partition coefficient (Wildman–Crippen LogP) is 2.67. The van der Waals surface area contributed by atoms with E-state index in [0.29, 0.717) is 5.69 Å². The molecule has 0 N–H and O–H groups in total. The first-order valence-corrected chi connectivity index (χ1v) is 5.06. The van der Waals surface area contributed by atoms with E-state index < -0.39 is 17.7 Å². The molecule has 0 radical (unpaired) electrons. The van der Waals surface area contributed by atoms with E-state index in [1.54, 1.807) is 24.3 Å². The second-order valence-electron chi connectivity index (χ2n) is 3.33. The number of ketones is 1. The van der Waals surface area contributed by atoms with Crippen molar-refractivity contribution in [3.63, 3.8) is 0 Å². The number of carbonyl (C=O) groups is 1. The van der Waals surface area contributed by atoms with E-state index in [1.807, 2.05) is 0 Å². The number of rotatable bonds is 2.